The van der Waals surface area contributed by atoms with E-state index >= 15 is 0 Å². The Balaban J connectivity index is 2.21. The number of nitrogens with one attached hydrogen (secondary N) is 1. The van der Waals surface area contributed by atoms with Crippen LogP contribution in [0, 0.1) is 0 Å². The highest BCUT2D eigenvalue weighted by atomic mass is 16.6. The molecule has 0 saturated carbocycles. The first-order valence-corrected chi connectivity index (χ1v) is 5.52. The number of methoxy groups -OCH3 is 1. The van der Waals surface area contributed by atoms with Crippen molar-refractivity contribution in [3.05, 3.63) is 0 Å². The number of ether oxygens (including phenoxy) is 3. The minimum absolute atomic E-state index is 0.0865. The minimum atomic E-state index is -0.0865. The molecule has 0 radical (unpaired) electrons. The summed E-state index contributed by atoms with van der Waals surface area (Å²) in [6.45, 7) is 9.20. The first-order valence-electron chi connectivity index (χ1n) is 5.52. The molecule has 1 heterocycles. The van der Waals surface area contributed by atoms with Crippen LogP contribution in [0.5, 0.6) is 0 Å². The molecule has 0 bridgehead atoms. The van der Waals surface area contributed by atoms with E-state index in [1.807, 2.05) is 6.92 Å². The molecule has 2 unspecified atom stereocenters. The third-order valence-electron chi connectivity index (χ3n) is 2.38. The quantitative estimate of drug-likeness (QED) is 0.739. The minimum Gasteiger partial charge on any atom is -0.382 e. The van der Waals surface area contributed by atoms with E-state index in [-0.39, 0.29) is 17.8 Å². The van der Waals surface area contributed by atoms with Crippen LogP contribution < -0.4 is 5.32 Å². The molecular weight excluding hydrogens is 194 g/mol. The van der Waals surface area contributed by atoms with Gasteiger partial charge in [0, 0.05) is 20.2 Å². The third-order valence-corrected chi connectivity index (χ3v) is 2.38. The van der Waals surface area contributed by atoms with E-state index in [1.165, 1.54) is 0 Å². The van der Waals surface area contributed by atoms with Gasteiger partial charge >= 0.3 is 0 Å². The fourth-order valence-electron chi connectivity index (χ4n) is 1.72. The maximum absolute atomic E-state index is 5.87. The molecule has 15 heavy (non-hydrogen) atoms. The Morgan fingerprint density at radius 2 is 2.27 bits per heavy atom. The summed E-state index contributed by atoms with van der Waals surface area (Å²) in [4.78, 5) is 0. The molecule has 0 spiro atoms. The van der Waals surface area contributed by atoms with Gasteiger partial charge in [-0.15, -0.1) is 0 Å². The number of hydrogen-bond donors (Lipinski definition) is 1. The normalized spacial score (nSPS) is 27.6. The molecule has 1 saturated heterocycles. The van der Waals surface area contributed by atoms with Gasteiger partial charge in [-0.1, -0.05) is 0 Å². The van der Waals surface area contributed by atoms with Gasteiger partial charge in [0.05, 0.1) is 31.0 Å². The average Bonchev–Trinajstić information content (AvgIpc) is 2.14. The lowest BCUT2D eigenvalue weighted by atomic mass is 10.1. The van der Waals surface area contributed by atoms with Crippen molar-refractivity contribution in [2.24, 2.45) is 0 Å². The van der Waals surface area contributed by atoms with Crippen LogP contribution in [0.2, 0.25) is 0 Å². The summed E-state index contributed by atoms with van der Waals surface area (Å²) in [6, 6.07) is 0. The molecule has 1 fully saturated rings. The lowest BCUT2D eigenvalue weighted by molar-refractivity contribution is -0.132. The predicted molar refractivity (Wildman–Crippen MR) is 59.1 cm³/mol. The van der Waals surface area contributed by atoms with Crippen molar-refractivity contribution in [1.29, 1.82) is 0 Å². The molecule has 0 aromatic rings. The van der Waals surface area contributed by atoms with Crippen molar-refractivity contribution >= 4 is 0 Å². The maximum Gasteiger partial charge on any atom is 0.0940 e. The van der Waals surface area contributed by atoms with Crippen LogP contribution in [0.15, 0.2) is 0 Å². The molecule has 0 aromatic carbocycles. The Labute approximate surface area is 92.3 Å². The van der Waals surface area contributed by atoms with Gasteiger partial charge in [-0.2, -0.15) is 0 Å². The molecule has 1 N–H and O–H groups in total. The number of morpholine rings is 1. The summed E-state index contributed by atoms with van der Waals surface area (Å²) >= 11 is 0. The Morgan fingerprint density at radius 3 is 2.87 bits per heavy atom. The lowest BCUT2D eigenvalue weighted by Crippen LogP contribution is -2.52. The van der Waals surface area contributed by atoms with Gasteiger partial charge in [-0.25, -0.2) is 0 Å². The van der Waals surface area contributed by atoms with E-state index in [9.17, 15) is 0 Å². The highest BCUT2D eigenvalue weighted by Gasteiger charge is 2.28. The van der Waals surface area contributed by atoms with E-state index in [4.69, 9.17) is 14.2 Å². The smallest absolute Gasteiger partial charge is 0.0940 e. The zero-order valence-corrected chi connectivity index (χ0v) is 10.2. The SMILES string of the molecule is COCC(C)OCC1CNCC(C)(C)O1. The molecule has 0 aromatic heterocycles. The lowest BCUT2D eigenvalue weighted by Gasteiger charge is -2.36. The third kappa shape index (κ3) is 4.93. The molecule has 2 atom stereocenters. The molecule has 1 aliphatic rings. The van der Waals surface area contributed by atoms with E-state index in [0.29, 0.717) is 13.2 Å². The van der Waals surface area contributed by atoms with Crippen molar-refractivity contribution in [2.75, 3.05) is 33.4 Å². The van der Waals surface area contributed by atoms with Crippen molar-refractivity contribution in [3.63, 3.8) is 0 Å². The highest BCUT2D eigenvalue weighted by Crippen LogP contribution is 2.15. The second-order valence-corrected chi connectivity index (χ2v) is 4.73. The Bertz CT molecular complexity index is 185. The molecule has 1 rings (SSSR count). The van der Waals surface area contributed by atoms with Crippen LogP contribution in [0.4, 0.5) is 0 Å². The van der Waals surface area contributed by atoms with Crippen molar-refractivity contribution in [3.8, 4) is 0 Å². The molecule has 1 aliphatic heterocycles. The van der Waals surface area contributed by atoms with E-state index < -0.39 is 0 Å². The van der Waals surface area contributed by atoms with E-state index in [0.717, 1.165) is 13.1 Å². The summed E-state index contributed by atoms with van der Waals surface area (Å²) in [5.74, 6) is 0. The monoisotopic (exact) mass is 217 g/mol. The van der Waals surface area contributed by atoms with Crippen LogP contribution >= 0.6 is 0 Å². The van der Waals surface area contributed by atoms with Crippen molar-refractivity contribution in [2.45, 2.75) is 38.6 Å². The molecule has 0 amide bonds. The van der Waals surface area contributed by atoms with Crippen LogP contribution in [-0.4, -0.2) is 51.2 Å². The van der Waals surface area contributed by atoms with Gasteiger partial charge in [0.1, 0.15) is 0 Å². The summed E-state index contributed by atoms with van der Waals surface area (Å²) in [5, 5.41) is 3.34. The summed E-state index contributed by atoms with van der Waals surface area (Å²) in [5.41, 5.74) is -0.0865. The maximum atomic E-state index is 5.87. The topological polar surface area (TPSA) is 39.7 Å². The van der Waals surface area contributed by atoms with Gasteiger partial charge in [0.25, 0.3) is 0 Å². The molecule has 4 heteroatoms. The fraction of sp³-hybridized carbons (Fsp3) is 1.00. The number of rotatable bonds is 5. The van der Waals surface area contributed by atoms with E-state index in [2.05, 4.69) is 19.2 Å². The summed E-state index contributed by atoms with van der Waals surface area (Å²) in [7, 11) is 1.68. The Morgan fingerprint density at radius 1 is 1.53 bits per heavy atom. The first-order chi connectivity index (χ1) is 7.03. The predicted octanol–water partition coefficient (Wildman–Crippen LogP) is 0.805. The van der Waals surface area contributed by atoms with Gasteiger partial charge in [0.15, 0.2) is 0 Å². The van der Waals surface area contributed by atoms with E-state index in [1.54, 1.807) is 7.11 Å². The second kappa shape index (κ2) is 5.80. The van der Waals surface area contributed by atoms with Crippen LogP contribution in [-0.2, 0) is 14.2 Å². The number of hydrogen-bond acceptors (Lipinski definition) is 4. The second-order valence-electron chi connectivity index (χ2n) is 4.73. The Hall–Kier alpha value is -0.160. The van der Waals surface area contributed by atoms with Crippen LogP contribution in [0.25, 0.3) is 0 Å². The van der Waals surface area contributed by atoms with Gasteiger partial charge < -0.3 is 19.5 Å². The van der Waals surface area contributed by atoms with Crippen molar-refractivity contribution < 1.29 is 14.2 Å². The average molecular weight is 217 g/mol. The Kier molecular flexibility index (Phi) is 4.99. The van der Waals surface area contributed by atoms with Gasteiger partial charge in [-0.3, -0.25) is 0 Å². The first kappa shape index (κ1) is 12.9. The molecule has 4 nitrogen and oxygen atoms in total. The summed E-state index contributed by atoms with van der Waals surface area (Å²) in [6.07, 6.45) is 0.275. The fourth-order valence-corrected chi connectivity index (χ4v) is 1.72. The van der Waals surface area contributed by atoms with Gasteiger partial charge in [0.2, 0.25) is 0 Å². The van der Waals surface area contributed by atoms with Crippen LogP contribution in [0.3, 0.4) is 0 Å². The highest BCUT2D eigenvalue weighted by molar-refractivity contribution is 4.81. The molecule has 90 valence electrons. The van der Waals surface area contributed by atoms with Crippen molar-refractivity contribution in [1.82, 2.24) is 5.32 Å². The molecular formula is C11H23NO3. The molecule has 0 aliphatic carbocycles. The van der Waals surface area contributed by atoms with Crippen LogP contribution in [0.1, 0.15) is 20.8 Å². The standard InChI is InChI=1S/C11H23NO3/c1-9(6-13-4)14-7-10-5-12-8-11(2,3)15-10/h9-10,12H,5-8H2,1-4H3. The van der Waals surface area contributed by atoms with Gasteiger partial charge in [-0.05, 0) is 20.8 Å². The zero-order valence-electron chi connectivity index (χ0n) is 10.2. The largest absolute Gasteiger partial charge is 0.382 e. The zero-order chi connectivity index (χ0) is 11.3. The summed E-state index contributed by atoms with van der Waals surface area (Å²) < 4.78 is 16.5.